The zero-order chi connectivity index (χ0) is 50.9. The first-order valence-electron chi connectivity index (χ1n) is 28.7. The van der Waals surface area contributed by atoms with Gasteiger partial charge in [0.2, 0.25) is 5.91 Å². The highest BCUT2D eigenvalue weighted by molar-refractivity contribution is 6.30. The molecular weight excluding hydrogens is 908 g/mol. The van der Waals surface area contributed by atoms with Crippen molar-refractivity contribution < 1.29 is 49.3 Å². The average Bonchev–Trinajstić information content (AvgIpc) is 3.35. The van der Waals surface area contributed by atoms with E-state index in [9.17, 15) is 35.1 Å². The summed E-state index contributed by atoms with van der Waals surface area (Å²) < 4.78 is 16.9. The molecule has 0 aromatic heterocycles. The molecule has 0 radical (unpaired) electrons. The number of aliphatic hydroxyl groups is 5. The van der Waals surface area contributed by atoms with E-state index in [2.05, 4.69) is 24.5 Å². The molecule has 0 bridgehead atoms. The Bertz CT molecular complexity index is 1380. The number of aliphatic hydroxyl groups excluding tert-OH is 5. The predicted octanol–water partition coefficient (Wildman–Crippen LogP) is 13.4. The van der Waals surface area contributed by atoms with E-state index in [0.717, 1.165) is 44.9 Å². The number of rotatable bonds is 46. The van der Waals surface area contributed by atoms with Crippen LogP contribution >= 0.6 is 11.6 Å². The number of ether oxygens (including phenoxy) is 3. The standard InChI is InChI=1S/C57H103ClN2O10/c1-3-5-7-9-11-13-15-17-18-19-20-21-22-23-24-25-26-27-29-31-33-35-37-39-51(62)60-48(52(63)49(61)38-36-34-32-30-28-16-14-12-10-8-6-4-2)44-68-56-55(66)54(65)53(64)50(70-56)45-69-57(67)59-47-42-40-46(58)41-43-47/h40-43,48-50,52-56,61,63-66H,3-39,44-45H2,1-2H3,(H,59,67)(H,60,62)/t48-,49+,50+,52-,53-,54-,55+,56-/m0/s1. The van der Waals surface area contributed by atoms with Crippen molar-refractivity contribution in [1.29, 1.82) is 0 Å². The van der Waals surface area contributed by atoms with Crippen LogP contribution in [0.5, 0.6) is 0 Å². The van der Waals surface area contributed by atoms with E-state index in [1.54, 1.807) is 24.3 Å². The molecule has 408 valence electrons. The molecule has 8 atom stereocenters. The lowest BCUT2D eigenvalue weighted by Crippen LogP contribution is -2.60. The fraction of sp³-hybridized carbons (Fsp3) is 0.860. The number of halogens is 1. The second-order valence-electron chi connectivity index (χ2n) is 20.5. The summed E-state index contributed by atoms with van der Waals surface area (Å²) in [6.45, 7) is 3.67. The van der Waals surface area contributed by atoms with Crippen molar-refractivity contribution in [2.45, 2.75) is 300 Å². The van der Waals surface area contributed by atoms with Crippen LogP contribution in [-0.2, 0) is 19.0 Å². The van der Waals surface area contributed by atoms with E-state index in [1.807, 2.05) is 0 Å². The van der Waals surface area contributed by atoms with Crippen LogP contribution in [0, 0.1) is 0 Å². The van der Waals surface area contributed by atoms with Crippen LogP contribution in [0.4, 0.5) is 10.5 Å². The molecular formula is C57H103ClN2O10. The largest absolute Gasteiger partial charge is 0.446 e. The lowest BCUT2D eigenvalue weighted by Gasteiger charge is -2.40. The van der Waals surface area contributed by atoms with Gasteiger partial charge in [-0.15, -0.1) is 0 Å². The zero-order valence-corrected chi connectivity index (χ0v) is 44.9. The van der Waals surface area contributed by atoms with Crippen molar-refractivity contribution in [1.82, 2.24) is 5.32 Å². The Morgan fingerprint density at radius 3 is 1.40 bits per heavy atom. The molecule has 1 aromatic carbocycles. The lowest BCUT2D eigenvalue weighted by atomic mass is 9.98. The van der Waals surface area contributed by atoms with Crippen molar-refractivity contribution in [3.63, 3.8) is 0 Å². The number of carbonyl (C=O) groups is 2. The Kier molecular flexibility index (Phi) is 39.7. The summed E-state index contributed by atoms with van der Waals surface area (Å²) in [5.74, 6) is -0.285. The Morgan fingerprint density at radius 1 is 0.571 bits per heavy atom. The molecule has 0 unspecified atom stereocenters. The Balaban J connectivity index is 1.72. The molecule has 70 heavy (non-hydrogen) atoms. The van der Waals surface area contributed by atoms with E-state index < -0.39 is 61.7 Å². The number of benzene rings is 1. The molecule has 13 heteroatoms. The van der Waals surface area contributed by atoms with E-state index >= 15 is 0 Å². The summed E-state index contributed by atoms with van der Waals surface area (Å²) in [6.07, 6.45) is 33.3. The number of anilines is 1. The van der Waals surface area contributed by atoms with Gasteiger partial charge in [-0.3, -0.25) is 10.1 Å². The van der Waals surface area contributed by atoms with Gasteiger partial charge in [-0.1, -0.05) is 244 Å². The van der Waals surface area contributed by atoms with Gasteiger partial charge < -0.3 is 45.1 Å². The monoisotopic (exact) mass is 1010 g/mol. The fourth-order valence-corrected chi connectivity index (χ4v) is 9.57. The van der Waals surface area contributed by atoms with Gasteiger partial charge >= 0.3 is 6.09 Å². The number of amides is 2. The maximum atomic E-state index is 13.3. The van der Waals surface area contributed by atoms with Gasteiger partial charge in [0.1, 0.15) is 37.1 Å². The molecule has 7 N–H and O–H groups in total. The van der Waals surface area contributed by atoms with Gasteiger partial charge in [0.15, 0.2) is 6.29 Å². The number of hydrogen-bond donors (Lipinski definition) is 7. The smallest absolute Gasteiger partial charge is 0.411 e. The molecule has 2 amide bonds. The van der Waals surface area contributed by atoms with Crippen molar-refractivity contribution >= 4 is 29.3 Å². The number of carbonyl (C=O) groups excluding carboxylic acids is 2. The van der Waals surface area contributed by atoms with Gasteiger partial charge in [-0.25, -0.2) is 4.79 Å². The molecule has 0 aliphatic carbocycles. The van der Waals surface area contributed by atoms with E-state index in [-0.39, 0.29) is 18.9 Å². The molecule has 1 aromatic rings. The Morgan fingerprint density at radius 2 is 0.971 bits per heavy atom. The maximum Gasteiger partial charge on any atom is 0.411 e. The van der Waals surface area contributed by atoms with Crippen molar-refractivity contribution in [3.8, 4) is 0 Å². The van der Waals surface area contributed by atoms with Crippen LogP contribution in [0.15, 0.2) is 24.3 Å². The molecule has 1 fully saturated rings. The van der Waals surface area contributed by atoms with Gasteiger partial charge in [-0.05, 0) is 37.1 Å². The first kappa shape index (κ1) is 64.1. The Labute approximate surface area is 430 Å². The minimum atomic E-state index is -1.71. The minimum absolute atomic E-state index is 0.252. The molecule has 1 aliphatic heterocycles. The summed E-state index contributed by atoms with van der Waals surface area (Å²) in [6, 6.07) is 5.32. The van der Waals surface area contributed by atoms with Crippen molar-refractivity contribution in [3.05, 3.63) is 29.3 Å². The SMILES string of the molecule is CCCCCCCCCCCCCCCCCCCCCCCCCC(=O)N[C@@H](CO[C@H]1O[C@H](COC(=O)Nc2ccc(Cl)cc2)[C@H](O)[C@H](O)[C@H]1O)[C@H](O)[C@H](O)CCCCCCCCCCCCCC. The van der Waals surface area contributed by atoms with Crippen molar-refractivity contribution in [2.24, 2.45) is 0 Å². The number of hydrogen-bond acceptors (Lipinski definition) is 10. The van der Waals surface area contributed by atoms with Crippen LogP contribution in [0.3, 0.4) is 0 Å². The molecule has 0 saturated carbocycles. The van der Waals surface area contributed by atoms with Crippen LogP contribution in [0.1, 0.15) is 251 Å². The van der Waals surface area contributed by atoms with Crippen LogP contribution in [0.2, 0.25) is 5.02 Å². The maximum absolute atomic E-state index is 13.3. The zero-order valence-electron chi connectivity index (χ0n) is 44.2. The molecule has 12 nitrogen and oxygen atoms in total. The summed E-state index contributed by atoms with van der Waals surface area (Å²) in [4.78, 5) is 25.7. The first-order chi connectivity index (χ1) is 34.1. The fourth-order valence-electron chi connectivity index (χ4n) is 9.44. The van der Waals surface area contributed by atoms with Crippen LogP contribution in [0.25, 0.3) is 0 Å². The normalized spacial score (nSPS) is 19.5. The van der Waals surface area contributed by atoms with Crippen LogP contribution in [-0.4, -0.2) is 99.7 Å². The average molecular weight is 1010 g/mol. The van der Waals surface area contributed by atoms with E-state index in [4.69, 9.17) is 25.8 Å². The number of nitrogens with one attached hydrogen (secondary N) is 2. The summed E-state index contributed by atoms with van der Waals surface area (Å²) in [5.41, 5.74) is 0.426. The summed E-state index contributed by atoms with van der Waals surface area (Å²) in [7, 11) is 0. The Hall–Kier alpha value is -2.03. The van der Waals surface area contributed by atoms with Crippen LogP contribution < -0.4 is 10.6 Å². The summed E-state index contributed by atoms with van der Waals surface area (Å²) >= 11 is 5.92. The molecule has 2 rings (SSSR count). The highest BCUT2D eigenvalue weighted by atomic mass is 35.5. The minimum Gasteiger partial charge on any atom is -0.446 e. The van der Waals surface area contributed by atoms with Crippen molar-refractivity contribution in [2.75, 3.05) is 18.5 Å². The topological polar surface area (TPSA) is 187 Å². The molecule has 1 aliphatic rings. The van der Waals surface area contributed by atoms with Gasteiger partial charge in [0.25, 0.3) is 0 Å². The quantitative estimate of drug-likeness (QED) is 0.0310. The predicted molar refractivity (Wildman–Crippen MR) is 285 cm³/mol. The first-order valence-corrected chi connectivity index (χ1v) is 29.1. The second-order valence-corrected chi connectivity index (χ2v) is 21.0. The second kappa shape index (κ2) is 43.4. The highest BCUT2D eigenvalue weighted by Crippen LogP contribution is 2.25. The highest BCUT2D eigenvalue weighted by Gasteiger charge is 2.45. The van der Waals surface area contributed by atoms with Gasteiger partial charge in [0, 0.05) is 17.1 Å². The van der Waals surface area contributed by atoms with Gasteiger partial charge in [-0.2, -0.15) is 0 Å². The van der Waals surface area contributed by atoms with E-state index in [1.165, 1.54) is 173 Å². The molecule has 1 saturated heterocycles. The third-order valence-electron chi connectivity index (χ3n) is 14.1. The molecule has 0 spiro atoms. The lowest BCUT2D eigenvalue weighted by molar-refractivity contribution is -0.302. The van der Waals surface area contributed by atoms with E-state index in [0.29, 0.717) is 23.6 Å². The molecule has 1 heterocycles. The summed E-state index contributed by atoms with van der Waals surface area (Å²) in [5, 5.41) is 60.5. The number of unbranched alkanes of at least 4 members (excludes halogenated alkanes) is 33. The third-order valence-corrected chi connectivity index (χ3v) is 14.3. The van der Waals surface area contributed by atoms with Gasteiger partial charge in [0.05, 0.1) is 18.8 Å². The third kappa shape index (κ3) is 32.2.